The number of hydrogen-bond acceptors (Lipinski definition) is 3. The number of benzene rings is 1. The quantitative estimate of drug-likeness (QED) is 0.912. The Hall–Kier alpha value is -1.32. The molecule has 1 aliphatic rings. The van der Waals surface area contributed by atoms with Crippen molar-refractivity contribution in [3.8, 4) is 5.75 Å². The fourth-order valence-electron chi connectivity index (χ4n) is 2.52. The van der Waals surface area contributed by atoms with Crippen LogP contribution in [0.4, 0.5) is 0 Å². The van der Waals surface area contributed by atoms with E-state index < -0.39 is 0 Å². The van der Waals surface area contributed by atoms with E-state index in [0.29, 0.717) is 0 Å². The summed E-state index contributed by atoms with van der Waals surface area (Å²) in [5.41, 5.74) is 3.99. The lowest BCUT2D eigenvalue weighted by atomic mass is 9.96. The van der Waals surface area contributed by atoms with Crippen LogP contribution in [0.15, 0.2) is 35.0 Å². The van der Waals surface area contributed by atoms with E-state index >= 15 is 0 Å². The average Bonchev–Trinajstić information content (AvgIpc) is 2.93. The van der Waals surface area contributed by atoms with Crippen molar-refractivity contribution in [3.63, 3.8) is 0 Å². The summed E-state index contributed by atoms with van der Waals surface area (Å²) in [6.07, 6.45) is 2.25. The molecular formula is C15H17NOS. The number of nitrogens with one attached hydrogen (secondary N) is 1. The van der Waals surface area contributed by atoms with Crippen molar-refractivity contribution < 1.29 is 4.74 Å². The van der Waals surface area contributed by atoms with Crippen LogP contribution in [0.3, 0.4) is 0 Å². The molecule has 2 nitrogen and oxygen atoms in total. The lowest BCUT2D eigenvalue weighted by Gasteiger charge is -2.21. The zero-order valence-electron chi connectivity index (χ0n) is 10.5. The van der Waals surface area contributed by atoms with E-state index in [0.717, 1.165) is 25.2 Å². The summed E-state index contributed by atoms with van der Waals surface area (Å²) in [6, 6.07) is 9.03. The van der Waals surface area contributed by atoms with Crippen LogP contribution in [-0.4, -0.2) is 13.7 Å². The summed E-state index contributed by atoms with van der Waals surface area (Å²) < 4.78 is 5.66. The first-order valence-electron chi connectivity index (χ1n) is 6.33. The van der Waals surface area contributed by atoms with Gasteiger partial charge in [-0.1, -0.05) is 12.1 Å². The van der Waals surface area contributed by atoms with Crippen molar-refractivity contribution in [1.29, 1.82) is 0 Å². The highest BCUT2D eigenvalue weighted by molar-refractivity contribution is 7.08. The molecule has 1 aromatic carbocycles. The Morgan fingerprint density at radius 2 is 2.22 bits per heavy atom. The molecule has 1 atom stereocenters. The highest BCUT2D eigenvalue weighted by Gasteiger charge is 2.16. The van der Waals surface area contributed by atoms with E-state index in [-0.39, 0.29) is 6.04 Å². The van der Waals surface area contributed by atoms with Crippen molar-refractivity contribution in [2.45, 2.75) is 18.9 Å². The van der Waals surface area contributed by atoms with Crippen molar-refractivity contribution in [2.24, 2.45) is 0 Å². The Bertz CT molecular complexity index is 521. The zero-order valence-corrected chi connectivity index (χ0v) is 11.3. The summed E-state index contributed by atoms with van der Waals surface area (Å²) in [5.74, 6) is 1.06. The minimum absolute atomic E-state index is 0.281. The minimum atomic E-state index is 0.281. The van der Waals surface area contributed by atoms with Gasteiger partial charge in [0.25, 0.3) is 0 Å². The van der Waals surface area contributed by atoms with Crippen molar-refractivity contribution in [1.82, 2.24) is 5.32 Å². The van der Waals surface area contributed by atoms with Crippen LogP contribution in [0.1, 0.15) is 29.2 Å². The highest BCUT2D eigenvalue weighted by Crippen LogP contribution is 2.30. The second kappa shape index (κ2) is 5.12. The molecule has 1 unspecified atom stereocenters. The number of rotatable bonds is 3. The summed E-state index contributed by atoms with van der Waals surface area (Å²) in [5, 5.41) is 7.73. The van der Waals surface area contributed by atoms with Gasteiger partial charge in [-0.2, -0.15) is 11.3 Å². The van der Waals surface area contributed by atoms with Gasteiger partial charge in [-0.3, -0.25) is 0 Å². The summed E-state index contributed by atoms with van der Waals surface area (Å²) in [6.45, 7) is 0.854. The van der Waals surface area contributed by atoms with E-state index in [4.69, 9.17) is 4.74 Å². The molecule has 94 valence electrons. The van der Waals surface area contributed by atoms with Crippen LogP contribution in [-0.2, 0) is 6.42 Å². The third-order valence-electron chi connectivity index (χ3n) is 3.43. The second-order valence-electron chi connectivity index (χ2n) is 4.60. The minimum Gasteiger partial charge on any atom is -0.493 e. The normalized spacial score (nSPS) is 15.8. The molecule has 0 aliphatic carbocycles. The van der Waals surface area contributed by atoms with Crippen LogP contribution in [0.5, 0.6) is 5.75 Å². The molecule has 2 aromatic rings. The lowest BCUT2D eigenvalue weighted by Crippen LogP contribution is -2.18. The molecule has 3 heteroatoms. The molecule has 0 saturated heterocycles. The van der Waals surface area contributed by atoms with Crippen LogP contribution in [0.25, 0.3) is 0 Å². The van der Waals surface area contributed by atoms with Crippen molar-refractivity contribution in [2.75, 3.05) is 13.7 Å². The first-order valence-corrected chi connectivity index (χ1v) is 7.28. The molecule has 18 heavy (non-hydrogen) atoms. The Morgan fingerprint density at radius 3 is 3.00 bits per heavy atom. The van der Waals surface area contributed by atoms with E-state index in [2.05, 4.69) is 40.3 Å². The summed E-state index contributed by atoms with van der Waals surface area (Å²) in [7, 11) is 2.01. The maximum Gasteiger partial charge on any atom is 0.122 e. The van der Waals surface area contributed by atoms with Crippen molar-refractivity contribution >= 4 is 11.3 Å². The SMILES string of the molecule is CNC(c1ccsc1)c1ccc2c(c1)CCCO2. The number of hydrogen-bond donors (Lipinski definition) is 1. The molecule has 3 rings (SSSR count). The fraction of sp³-hybridized carbons (Fsp3) is 0.333. The van der Waals surface area contributed by atoms with E-state index in [1.165, 1.54) is 16.7 Å². The van der Waals surface area contributed by atoms with Gasteiger partial charge in [-0.25, -0.2) is 0 Å². The molecule has 0 fully saturated rings. The second-order valence-corrected chi connectivity index (χ2v) is 5.38. The van der Waals surface area contributed by atoms with Gasteiger partial charge in [0, 0.05) is 0 Å². The number of ether oxygens (including phenoxy) is 1. The Balaban J connectivity index is 1.95. The zero-order chi connectivity index (χ0) is 12.4. The average molecular weight is 259 g/mol. The maximum absolute atomic E-state index is 5.66. The third kappa shape index (κ3) is 2.16. The molecule has 2 heterocycles. The van der Waals surface area contributed by atoms with Gasteiger partial charge in [-0.05, 0) is 59.5 Å². The standard InChI is InChI=1S/C15H17NOS/c1-16-15(13-6-8-18-10-13)12-4-5-14-11(9-12)3-2-7-17-14/h4-6,8-10,15-16H,2-3,7H2,1H3. The maximum atomic E-state index is 5.66. The van der Waals surface area contributed by atoms with Crippen LogP contribution < -0.4 is 10.1 Å². The Labute approximate surface area is 112 Å². The molecule has 0 amide bonds. The van der Waals surface area contributed by atoms with Gasteiger partial charge >= 0.3 is 0 Å². The summed E-state index contributed by atoms with van der Waals surface area (Å²) >= 11 is 1.74. The van der Waals surface area contributed by atoms with Crippen LogP contribution in [0.2, 0.25) is 0 Å². The van der Waals surface area contributed by atoms with Gasteiger partial charge in [0.05, 0.1) is 12.6 Å². The molecule has 1 aromatic heterocycles. The van der Waals surface area contributed by atoms with Gasteiger partial charge in [-0.15, -0.1) is 0 Å². The smallest absolute Gasteiger partial charge is 0.122 e. The topological polar surface area (TPSA) is 21.3 Å². The van der Waals surface area contributed by atoms with Gasteiger partial charge in [0.1, 0.15) is 5.75 Å². The largest absolute Gasteiger partial charge is 0.493 e. The first kappa shape index (κ1) is 11.8. The molecule has 0 bridgehead atoms. The number of thiophene rings is 1. The Kier molecular flexibility index (Phi) is 3.35. The van der Waals surface area contributed by atoms with E-state index in [9.17, 15) is 0 Å². The first-order chi connectivity index (χ1) is 8.88. The van der Waals surface area contributed by atoms with E-state index in [1.54, 1.807) is 11.3 Å². The number of aryl methyl sites for hydroxylation is 1. The van der Waals surface area contributed by atoms with Gasteiger partial charge in [0.15, 0.2) is 0 Å². The van der Waals surface area contributed by atoms with Crippen molar-refractivity contribution in [3.05, 3.63) is 51.7 Å². The molecule has 1 aliphatic heterocycles. The van der Waals surface area contributed by atoms with E-state index in [1.807, 2.05) is 7.05 Å². The number of fused-ring (bicyclic) bond motifs is 1. The molecule has 0 radical (unpaired) electrons. The lowest BCUT2D eigenvalue weighted by molar-refractivity contribution is 0.288. The molecular weight excluding hydrogens is 242 g/mol. The highest BCUT2D eigenvalue weighted by atomic mass is 32.1. The fourth-order valence-corrected chi connectivity index (χ4v) is 3.21. The van der Waals surface area contributed by atoms with Crippen LogP contribution >= 0.6 is 11.3 Å². The molecule has 0 spiro atoms. The van der Waals surface area contributed by atoms with Gasteiger partial charge < -0.3 is 10.1 Å². The predicted octanol–water partition coefficient (Wildman–Crippen LogP) is 3.38. The monoisotopic (exact) mass is 259 g/mol. The summed E-state index contributed by atoms with van der Waals surface area (Å²) in [4.78, 5) is 0. The Morgan fingerprint density at radius 1 is 1.28 bits per heavy atom. The molecule has 0 saturated carbocycles. The third-order valence-corrected chi connectivity index (χ3v) is 4.13. The molecule has 1 N–H and O–H groups in total. The van der Waals surface area contributed by atoms with Crippen LogP contribution in [0, 0.1) is 0 Å². The predicted molar refractivity (Wildman–Crippen MR) is 75.5 cm³/mol. The van der Waals surface area contributed by atoms with Gasteiger partial charge in [0.2, 0.25) is 0 Å².